The molecule has 0 aliphatic carbocycles. The van der Waals surface area contributed by atoms with Gasteiger partial charge in [0, 0.05) is 42.2 Å². The van der Waals surface area contributed by atoms with Crippen LogP contribution in [0.3, 0.4) is 0 Å². The number of nitrogens with zero attached hydrogens (tertiary/aromatic N) is 4. The first-order valence-electron chi connectivity index (χ1n) is 13.1. The topological polar surface area (TPSA) is 112 Å². The summed E-state index contributed by atoms with van der Waals surface area (Å²) >= 11 is 6.54. The highest BCUT2D eigenvalue weighted by Crippen LogP contribution is 2.37. The van der Waals surface area contributed by atoms with Crippen LogP contribution in [0.15, 0.2) is 91.3 Å². The molecule has 1 aromatic heterocycles. The van der Waals surface area contributed by atoms with Crippen molar-refractivity contribution in [3.05, 3.63) is 96.9 Å². The zero-order valence-electron chi connectivity index (χ0n) is 23.9. The normalized spacial score (nSPS) is 11.6. The molecule has 0 spiro atoms. The number of amides is 1. The second kappa shape index (κ2) is 15.8. The minimum atomic E-state index is -0.306. The fraction of sp³-hybridized carbons (Fsp3) is 0.188. The van der Waals surface area contributed by atoms with Crippen molar-refractivity contribution >= 4 is 51.2 Å². The maximum Gasteiger partial charge on any atom is 0.248 e. The van der Waals surface area contributed by atoms with Gasteiger partial charge in [-0.25, -0.2) is 0 Å². The van der Waals surface area contributed by atoms with E-state index in [1.807, 2.05) is 25.9 Å². The third-order valence-corrected chi connectivity index (χ3v) is 5.94. The van der Waals surface area contributed by atoms with E-state index in [9.17, 15) is 10.1 Å². The van der Waals surface area contributed by atoms with Crippen molar-refractivity contribution in [1.82, 2.24) is 9.88 Å². The average Bonchev–Trinajstić information content (AvgIpc) is 2.96. The van der Waals surface area contributed by atoms with Gasteiger partial charge in [0.25, 0.3) is 0 Å². The molecular weight excluding hydrogens is 552 g/mol. The molecule has 1 heterocycles. The molecule has 2 N–H and O–H groups in total. The number of allylic oxidation sites excluding steroid dienone is 2. The molecule has 1 amide bonds. The molecule has 0 bridgehead atoms. The minimum absolute atomic E-state index is 0.178. The number of likely N-dealkylation sites (N-methyl/N-ethyl adjacent to an activating group) is 1. The number of anilines is 3. The van der Waals surface area contributed by atoms with Crippen LogP contribution in [-0.4, -0.2) is 55.4 Å². The smallest absolute Gasteiger partial charge is 0.248 e. The van der Waals surface area contributed by atoms with E-state index in [4.69, 9.17) is 21.1 Å². The predicted molar refractivity (Wildman–Crippen MR) is 171 cm³/mol. The summed E-state index contributed by atoms with van der Waals surface area (Å²) in [5.41, 5.74) is 3.11. The summed E-state index contributed by atoms with van der Waals surface area (Å²) in [6, 6.07) is 10.9. The van der Waals surface area contributed by atoms with E-state index in [-0.39, 0.29) is 12.5 Å². The van der Waals surface area contributed by atoms with Crippen molar-refractivity contribution in [2.75, 3.05) is 44.5 Å². The van der Waals surface area contributed by atoms with Crippen molar-refractivity contribution in [1.29, 1.82) is 5.26 Å². The van der Waals surface area contributed by atoms with Gasteiger partial charge >= 0.3 is 0 Å². The highest BCUT2D eigenvalue weighted by atomic mass is 35.5. The van der Waals surface area contributed by atoms with E-state index in [2.05, 4.69) is 39.8 Å². The van der Waals surface area contributed by atoms with Crippen LogP contribution in [0.5, 0.6) is 11.5 Å². The maximum absolute atomic E-state index is 12.6. The largest absolute Gasteiger partial charge is 0.492 e. The molecule has 2 aromatic carbocycles. The standard InChI is InChI=1S/C32H33ClN6O3/c1-6-9-11-24(35-7-2)21-42-29-14-13-23(16-26(29)33)37-32-22(19-34)20-36-27-18-30(41-8-3)28(17-25(27)32)38-31(40)12-10-15-39(4)5/h6-7,9-14,16-18,20H,1-2,8,15,21H2,3-5H3,(H,36,37)(H,38,40)/b11-9-,12-10+,35-24?. The van der Waals surface area contributed by atoms with Crippen molar-refractivity contribution in [2.24, 2.45) is 4.99 Å². The van der Waals surface area contributed by atoms with E-state index >= 15 is 0 Å². The van der Waals surface area contributed by atoms with Crippen LogP contribution in [0.25, 0.3) is 10.9 Å². The van der Waals surface area contributed by atoms with Crippen molar-refractivity contribution in [3.8, 4) is 17.6 Å². The summed E-state index contributed by atoms with van der Waals surface area (Å²) in [5, 5.41) is 17.0. The van der Waals surface area contributed by atoms with E-state index in [0.717, 1.165) is 0 Å². The van der Waals surface area contributed by atoms with Crippen LogP contribution < -0.4 is 20.1 Å². The van der Waals surface area contributed by atoms with Gasteiger partial charge in [0.15, 0.2) is 0 Å². The molecule has 0 aliphatic heterocycles. The number of aromatic nitrogens is 1. The van der Waals surface area contributed by atoms with Crippen LogP contribution in [0.4, 0.5) is 17.1 Å². The molecule has 3 rings (SSSR count). The van der Waals surface area contributed by atoms with Crippen LogP contribution in [0.1, 0.15) is 12.5 Å². The number of carbonyl (C=O) groups is 1. The van der Waals surface area contributed by atoms with Gasteiger partial charge in [0.1, 0.15) is 24.2 Å². The zero-order valence-corrected chi connectivity index (χ0v) is 24.6. The first kappa shape index (κ1) is 31.6. The highest BCUT2D eigenvalue weighted by molar-refractivity contribution is 6.32. The zero-order chi connectivity index (χ0) is 30.5. The minimum Gasteiger partial charge on any atom is -0.492 e. The molecule has 0 saturated heterocycles. The van der Waals surface area contributed by atoms with Crippen molar-refractivity contribution < 1.29 is 14.3 Å². The van der Waals surface area contributed by atoms with Crippen molar-refractivity contribution in [3.63, 3.8) is 0 Å². The predicted octanol–water partition coefficient (Wildman–Crippen LogP) is 6.66. The lowest BCUT2D eigenvalue weighted by molar-refractivity contribution is -0.111. The number of rotatable bonds is 14. The van der Waals surface area contributed by atoms with E-state index in [1.54, 1.807) is 54.6 Å². The molecule has 10 heteroatoms. The third-order valence-electron chi connectivity index (χ3n) is 5.65. The Labute approximate surface area is 251 Å². The summed E-state index contributed by atoms with van der Waals surface area (Å²) in [6.07, 6.45) is 11.3. The average molecular weight is 585 g/mol. The Morgan fingerprint density at radius 3 is 2.67 bits per heavy atom. The summed E-state index contributed by atoms with van der Waals surface area (Å²) in [7, 11) is 3.83. The fourth-order valence-electron chi connectivity index (χ4n) is 3.77. The van der Waals surface area contributed by atoms with Gasteiger partial charge in [-0.15, -0.1) is 0 Å². The van der Waals surface area contributed by atoms with Gasteiger partial charge in [-0.2, -0.15) is 5.26 Å². The monoisotopic (exact) mass is 584 g/mol. The Hall–Kier alpha value is -4.91. The Kier molecular flexibility index (Phi) is 11.9. The number of hydrogen-bond donors (Lipinski definition) is 2. The molecule has 0 aliphatic rings. The molecule has 42 heavy (non-hydrogen) atoms. The van der Waals surface area contributed by atoms with Gasteiger partial charge in [-0.1, -0.05) is 43.0 Å². The lowest BCUT2D eigenvalue weighted by atomic mass is 10.1. The number of fused-ring (bicyclic) bond motifs is 1. The number of aliphatic imine (C=N–C) groups is 1. The summed E-state index contributed by atoms with van der Waals surface area (Å²) < 4.78 is 11.6. The third kappa shape index (κ3) is 8.80. The summed E-state index contributed by atoms with van der Waals surface area (Å²) in [5.74, 6) is 0.619. The molecule has 0 radical (unpaired) electrons. The van der Waals surface area contributed by atoms with Crippen LogP contribution in [0, 0.1) is 11.3 Å². The number of pyridine rings is 1. The fourth-order valence-corrected chi connectivity index (χ4v) is 4.01. The lowest BCUT2D eigenvalue weighted by Gasteiger charge is -2.16. The highest BCUT2D eigenvalue weighted by Gasteiger charge is 2.16. The van der Waals surface area contributed by atoms with Gasteiger partial charge in [-0.3, -0.25) is 14.8 Å². The Morgan fingerprint density at radius 2 is 2.00 bits per heavy atom. The Morgan fingerprint density at radius 1 is 1.19 bits per heavy atom. The first-order valence-corrected chi connectivity index (χ1v) is 13.4. The molecule has 0 saturated carbocycles. The van der Waals surface area contributed by atoms with Gasteiger partial charge in [0.2, 0.25) is 5.91 Å². The molecule has 3 aromatic rings. The van der Waals surface area contributed by atoms with Gasteiger partial charge in [-0.05, 0) is 51.4 Å². The van der Waals surface area contributed by atoms with Crippen LogP contribution >= 0.6 is 11.6 Å². The first-order chi connectivity index (χ1) is 20.3. The number of nitriles is 1. The number of benzene rings is 2. The lowest BCUT2D eigenvalue weighted by Crippen LogP contribution is -2.13. The van der Waals surface area contributed by atoms with Gasteiger partial charge < -0.3 is 25.0 Å². The molecular formula is C32H33ClN6O3. The molecule has 9 nitrogen and oxygen atoms in total. The molecule has 0 atom stereocenters. The quantitative estimate of drug-likeness (QED) is 0.124. The Balaban J connectivity index is 1.95. The van der Waals surface area contributed by atoms with Crippen LogP contribution in [0.2, 0.25) is 5.02 Å². The number of nitrogens with one attached hydrogen (secondary N) is 2. The number of ether oxygens (including phenoxy) is 2. The number of hydrogen-bond acceptors (Lipinski definition) is 8. The molecule has 0 unspecified atom stereocenters. The molecule has 0 fully saturated rings. The van der Waals surface area contributed by atoms with E-state index in [0.29, 0.717) is 68.9 Å². The summed E-state index contributed by atoms with van der Waals surface area (Å²) in [4.78, 5) is 23.2. The molecule has 216 valence electrons. The SMILES string of the molecule is C=C/C=C\C(COc1ccc(Nc2c(C#N)cnc3cc(OCC)c(NC(=O)/C=C/CN(C)C)cc23)cc1Cl)=NC=C. The Bertz CT molecular complexity index is 1590. The van der Waals surface area contributed by atoms with Crippen LogP contribution in [-0.2, 0) is 4.79 Å². The van der Waals surface area contributed by atoms with E-state index < -0.39 is 0 Å². The summed E-state index contributed by atoms with van der Waals surface area (Å²) in [6.45, 7) is 10.3. The number of halogens is 1. The second-order valence-corrected chi connectivity index (χ2v) is 9.47. The second-order valence-electron chi connectivity index (χ2n) is 9.07. The van der Waals surface area contributed by atoms with E-state index in [1.165, 1.54) is 18.5 Å². The van der Waals surface area contributed by atoms with Crippen molar-refractivity contribution in [2.45, 2.75) is 6.92 Å². The van der Waals surface area contributed by atoms with Gasteiger partial charge in [0.05, 0.1) is 39.8 Å². The maximum atomic E-state index is 12.6. The number of carbonyl (C=O) groups excluding carboxylic acids is 1.